The number of nitrogens with zero attached hydrogens (tertiary/aromatic N) is 2. The van der Waals surface area contributed by atoms with E-state index in [1.165, 1.54) is 25.7 Å². The first-order valence-corrected chi connectivity index (χ1v) is 8.23. The van der Waals surface area contributed by atoms with Crippen LogP contribution in [0.3, 0.4) is 0 Å². The number of piperidine rings is 1. The molecule has 1 aromatic heterocycles. The van der Waals surface area contributed by atoms with E-state index < -0.39 is 0 Å². The minimum Gasteiger partial charge on any atom is -0.373 e. The summed E-state index contributed by atoms with van der Waals surface area (Å²) in [5, 5.41) is 3.41. The second kappa shape index (κ2) is 6.22. The molecular weight excluding hydrogens is 286 g/mol. The zero-order valence-corrected chi connectivity index (χ0v) is 13.2. The molecule has 1 aliphatic heterocycles. The lowest BCUT2D eigenvalue weighted by Crippen LogP contribution is -2.49. The first kappa shape index (κ1) is 14.6. The standard InChI is InChI=1S/C16H22ClN3O/c1-18-15-9-12(13(17)10-19-15)16(21)20-8-4-6-11-5-2-3-7-14(11)20/h9-11,14H,2-8H2,1H3,(H,18,19)/t11-,14-/m1/s1. The lowest BCUT2D eigenvalue weighted by atomic mass is 9.78. The number of nitrogens with one attached hydrogen (secondary N) is 1. The van der Waals surface area contributed by atoms with Crippen molar-refractivity contribution in [2.75, 3.05) is 18.9 Å². The lowest BCUT2D eigenvalue weighted by molar-refractivity contribution is 0.0391. The average molecular weight is 308 g/mol. The van der Waals surface area contributed by atoms with Gasteiger partial charge in [-0.05, 0) is 37.7 Å². The number of fused-ring (bicyclic) bond motifs is 1. The van der Waals surface area contributed by atoms with Crippen LogP contribution >= 0.6 is 11.6 Å². The van der Waals surface area contributed by atoms with Crippen molar-refractivity contribution in [1.82, 2.24) is 9.88 Å². The molecule has 2 heterocycles. The highest BCUT2D eigenvalue weighted by molar-refractivity contribution is 6.33. The number of aromatic nitrogens is 1. The van der Waals surface area contributed by atoms with Gasteiger partial charge in [0.1, 0.15) is 5.82 Å². The fraction of sp³-hybridized carbons (Fsp3) is 0.625. The van der Waals surface area contributed by atoms with Crippen molar-refractivity contribution in [3.8, 4) is 0 Å². The average Bonchev–Trinajstić information content (AvgIpc) is 2.54. The van der Waals surface area contributed by atoms with Crippen molar-refractivity contribution in [1.29, 1.82) is 0 Å². The number of likely N-dealkylation sites (tertiary alicyclic amines) is 1. The lowest BCUT2D eigenvalue weighted by Gasteiger charge is -2.44. The molecule has 1 amide bonds. The largest absolute Gasteiger partial charge is 0.373 e. The third kappa shape index (κ3) is 2.86. The van der Waals surface area contributed by atoms with Gasteiger partial charge in [0.25, 0.3) is 5.91 Å². The zero-order chi connectivity index (χ0) is 14.8. The molecule has 2 atom stereocenters. The van der Waals surface area contributed by atoms with Crippen LogP contribution in [0.15, 0.2) is 12.3 Å². The predicted molar refractivity (Wildman–Crippen MR) is 84.8 cm³/mol. The molecule has 3 rings (SSSR count). The molecule has 1 aromatic rings. The monoisotopic (exact) mass is 307 g/mol. The molecule has 0 unspecified atom stereocenters. The highest BCUT2D eigenvalue weighted by Gasteiger charge is 2.36. The van der Waals surface area contributed by atoms with E-state index in [2.05, 4.69) is 15.2 Å². The number of anilines is 1. The van der Waals surface area contributed by atoms with E-state index in [0.29, 0.717) is 28.4 Å². The van der Waals surface area contributed by atoms with Crippen LogP contribution in [0.1, 0.15) is 48.9 Å². The number of pyridine rings is 1. The van der Waals surface area contributed by atoms with Crippen molar-refractivity contribution in [3.05, 3.63) is 22.8 Å². The minimum atomic E-state index is 0.0653. The molecule has 1 saturated carbocycles. The van der Waals surface area contributed by atoms with E-state index in [1.807, 2.05) is 0 Å². The van der Waals surface area contributed by atoms with Crippen LogP contribution in [0.2, 0.25) is 5.02 Å². The maximum Gasteiger partial charge on any atom is 0.255 e. The van der Waals surface area contributed by atoms with E-state index in [0.717, 1.165) is 19.4 Å². The molecule has 0 aromatic carbocycles. The number of hydrogen-bond acceptors (Lipinski definition) is 3. The molecule has 114 valence electrons. The van der Waals surface area contributed by atoms with Crippen molar-refractivity contribution in [2.24, 2.45) is 5.92 Å². The predicted octanol–water partition coefficient (Wildman–Crippen LogP) is 3.57. The Labute approximate surface area is 130 Å². The van der Waals surface area contributed by atoms with Gasteiger partial charge in [0.15, 0.2) is 0 Å². The summed E-state index contributed by atoms with van der Waals surface area (Å²) in [6, 6.07) is 2.17. The Bertz CT molecular complexity index is 532. The highest BCUT2D eigenvalue weighted by atomic mass is 35.5. The van der Waals surface area contributed by atoms with Crippen LogP contribution in [0.5, 0.6) is 0 Å². The van der Waals surface area contributed by atoms with Crippen molar-refractivity contribution in [3.63, 3.8) is 0 Å². The second-order valence-corrected chi connectivity index (χ2v) is 6.46. The SMILES string of the molecule is CNc1cc(C(=O)N2CCC[C@H]3CCCC[C@H]32)c(Cl)cn1. The zero-order valence-electron chi connectivity index (χ0n) is 12.4. The quantitative estimate of drug-likeness (QED) is 0.908. The molecule has 21 heavy (non-hydrogen) atoms. The number of hydrogen-bond donors (Lipinski definition) is 1. The Morgan fingerprint density at radius 1 is 1.33 bits per heavy atom. The van der Waals surface area contributed by atoms with E-state index in [9.17, 15) is 4.79 Å². The Hall–Kier alpha value is -1.29. The summed E-state index contributed by atoms with van der Waals surface area (Å²) in [5.41, 5.74) is 0.572. The van der Waals surface area contributed by atoms with Gasteiger partial charge in [-0.3, -0.25) is 4.79 Å². The van der Waals surface area contributed by atoms with Gasteiger partial charge in [-0.25, -0.2) is 4.98 Å². The molecule has 0 radical (unpaired) electrons. The summed E-state index contributed by atoms with van der Waals surface area (Å²) in [4.78, 5) is 19.1. The molecule has 2 aliphatic rings. The first-order chi connectivity index (χ1) is 10.2. The summed E-state index contributed by atoms with van der Waals surface area (Å²) in [7, 11) is 1.79. The maximum absolute atomic E-state index is 12.9. The van der Waals surface area contributed by atoms with Gasteiger partial charge in [0.2, 0.25) is 0 Å². The molecule has 4 nitrogen and oxygen atoms in total. The van der Waals surface area contributed by atoms with Gasteiger partial charge in [0.05, 0.1) is 10.6 Å². The Morgan fingerprint density at radius 3 is 2.90 bits per heavy atom. The van der Waals surface area contributed by atoms with E-state index in [4.69, 9.17) is 11.6 Å². The summed E-state index contributed by atoms with van der Waals surface area (Å²) in [6.07, 6.45) is 8.87. The Morgan fingerprint density at radius 2 is 2.10 bits per heavy atom. The molecular formula is C16H22ClN3O. The first-order valence-electron chi connectivity index (χ1n) is 7.85. The molecule has 1 N–H and O–H groups in total. The van der Waals surface area contributed by atoms with Gasteiger partial charge < -0.3 is 10.2 Å². The van der Waals surface area contributed by atoms with Crippen molar-refractivity contribution >= 4 is 23.3 Å². The van der Waals surface area contributed by atoms with Gasteiger partial charge in [0, 0.05) is 25.8 Å². The van der Waals surface area contributed by atoms with Gasteiger partial charge in [-0.15, -0.1) is 0 Å². The molecule has 0 spiro atoms. The Balaban J connectivity index is 1.86. The van der Waals surface area contributed by atoms with Crippen LogP contribution in [0.25, 0.3) is 0 Å². The van der Waals surface area contributed by atoms with Crippen LogP contribution in [-0.4, -0.2) is 35.4 Å². The summed E-state index contributed by atoms with van der Waals surface area (Å²) in [6.45, 7) is 0.855. The maximum atomic E-state index is 12.9. The molecule has 0 bridgehead atoms. The highest BCUT2D eigenvalue weighted by Crippen LogP contribution is 2.36. The normalized spacial score (nSPS) is 25.3. The third-order valence-corrected chi connectivity index (χ3v) is 5.15. The Kier molecular flexibility index (Phi) is 4.34. The fourth-order valence-electron chi connectivity index (χ4n) is 3.77. The van der Waals surface area contributed by atoms with E-state index in [1.54, 1.807) is 19.3 Å². The van der Waals surface area contributed by atoms with E-state index >= 15 is 0 Å². The van der Waals surface area contributed by atoms with Crippen LogP contribution in [0.4, 0.5) is 5.82 Å². The summed E-state index contributed by atoms with van der Waals surface area (Å²) < 4.78 is 0. The van der Waals surface area contributed by atoms with Crippen LogP contribution in [-0.2, 0) is 0 Å². The topological polar surface area (TPSA) is 45.2 Å². The fourth-order valence-corrected chi connectivity index (χ4v) is 3.96. The second-order valence-electron chi connectivity index (χ2n) is 6.05. The number of amides is 1. The van der Waals surface area contributed by atoms with Gasteiger partial charge >= 0.3 is 0 Å². The molecule has 1 aliphatic carbocycles. The smallest absolute Gasteiger partial charge is 0.255 e. The number of carbonyl (C=O) groups excluding carboxylic acids is 1. The van der Waals surface area contributed by atoms with Gasteiger partial charge in [-0.1, -0.05) is 24.4 Å². The van der Waals surface area contributed by atoms with Crippen molar-refractivity contribution < 1.29 is 4.79 Å². The van der Waals surface area contributed by atoms with E-state index in [-0.39, 0.29) is 5.91 Å². The van der Waals surface area contributed by atoms with Gasteiger partial charge in [-0.2, -0.15) is 0 Å². The number of rotatable bonds is 2. The van der Waals surface area contributed by atoms with Crippen LogP contribution in [0, 0.1) is 5.92 Å². The molecule has 5 heteroatoms. The number of halogens is 1. The minimum absolute atomic E-state index is 0.0653. The van der Waals surface area contributed by atoms with Crippen molar-refractivity contribution in [2.45, 2.75) is 44.6 Å². The number of carbonyl (C=O) groups is 1. The third-order valence-electron chi connectivity index (χ3n) is 4.85. The summed E-state index contributed by atoms with van der Waals surface area (Å²) >= 11 is 6.20. The summed E-state index contributed by atoms with van der Waals surface area (Å²) in [5.74, 6) is 1.43. The van der Waals surface area contributed by atoms with Crippen LogP contribution < -0.4 is 5.32 Å². The molecule has 1 saturated heterocycles. The molecule has 2 fully saturated rings.